The van der Waals surface area contributed by atoms with Crippen molar-refractivity contribution in [3.05, 3.63) is 34.9 Å². The molecule has 18 heavy (non-hydrogen) atoms. The lowest BCUT2D eigenvalue weighted by molar-refractivity contribution is 0.0958. The molecule has 2 nitrogen and oxygen atoms in total. The number of nitrogens with zero attached hydrogens (tertiary/aromatic N) is 1. The van der Waals surface area contributed by atoms with E-state index < -0.39 is 0 Å². The van der Waals surface area contributed by atoms with E-state index in [0.717, 1.165) is 29.8 Å². The van der Waals surface area contributed by atoms with Gasteiger partial charge in [0.15, 0.2) is 5.78 Å². The highest BCUT2D eigenvalue weighted by Gasteiger charge is 2.11. The average molecular weight is 247 g/mol. The van der Waals surface area contributed by atoms with Gasteiger partial charge in [0.25, 0.3) is 0 Å². The summed E-state index contributed by atoms with van der Waals surface area (Å²) in [6.45, 7) is 12.4. The lowest BCUT2D eigenvalue weighted by Crippen LogP contribution is -2.32. The Morgan fingerprint density at radius 1 is 1.17 bits per heavy atom. The van der Waals surface area contributed by atoms with Gasteiger partial charge in [-0.1, -0.05) is 24.1 Å². The highest BCUT2D eigenvalue weighted by Crippen LogP contribution is 2.11. The molecule has 0 radical (unpaired) electrons. The number of carbonyl (C=O) groups excluding carboxylic acids is 1. The number of rotatable bonds is 6. The second kappa shape index (κ2) is 6.69. The fraction of sp³-hybridized carbons (Fsp3) is 0.562. The maximum absolute atomic E-state index is 12.2. The average Bonchev–Trinajstić information content (AvgIpc) is 2.27. The van der Waals surface area contributed by atoms with Crippen molar-refractivity contribution in [2.24, 2.45) is 0 Å². The van der Waals surface area contributed by atoms with Crippen LogP contribution in [0.3, 0.4) is 0 Å². The molecule has 0 amide bonds. The molecule has 100 valence electrons. The van der Waals surface area contributed by atoms with Gasteiger partial charge in [-0.3, -0.25) is 4.79 Å². The summed E-state index contributed by atoms with van der Waals surface area (Å²) in [5.74, 6) is 0.251. The molecule has 0 saturated heterocycles. The summed E-state index contributed by atoms with van der Waals surface area (Å²) in [4.78, 5) is 14.5. The number of Topliss-reactive ketones (excluding diaryl/α,β-unsaturated/α-hetero) is 1. The molecule has 0 unspecified atom stereocenters. The molecular formula is C16H25NO. The third kappa shape index (κ3) is 4.26. The number of benzene rings is 1. The maximum Gasteiger partial charge on any atom is 0.164 e. The van der Waals surface area contributed by atoms with Crippen LogP contribution in [0.4, 0.5) is 0 Å². The summed E-state index contributed by atoms with van der Waals surface area (Å²) < 4.78 is 0. The Morgan fingerprint density at radius 2 is 1.72 bits per heavy atom. The predicted octanol–water partition coefficient (Wildman–Crippen LogP) is 3.61. The van der Waals surface area contributed by atoms with Crippen molar-refractivity contribution >= 4 is 5.78 Å². The highest BCUT2D eigenvalue weighted by atomic mass is 16.1. The fourth-order valence-electron chi connectivity index (χ4n) is 2.31. The molecule has 0 aliphatic heterocycles. The molecule has 2 heteroatoms. The molecule has 0 bridgehead atoms. The first-order chi connectivity index (χ1) is 8.43. The van der Waals surface area contributed by atoms with Gasteiger partial charge in [0.05, 0.1) is 0 Å². The van der Waals surface area contributed by atoms with Gasteiger partial charge in [0, 0.05) is 24.6 Å². The summed E-state index contributed by atoms with van der Waals surface area (Å²) in [5, 5.41) is 0. The number of ketones is 1. The van der Waals surface area contributed by atoms with Crippen molar-refractivity contribution in [1.29, 1.82) is 0 Å². The van der Waals surface area contributed by atoms with Crippen LogP contribution >= 0.6 is 0 Å². The summed E-state index contributed by atoms with van der Waals surface area (Å²) in [6.07, 6.45) is 0.606. The first kappa shape index (κ1) is 14.9. The summed E-state index contributed by atoms with van der Waals surface area (Å²) in [6, 6.07) is 6.58. The standard InChI is InChI=1S/C16H25NO/c1-6-17(12(2)3)8-7-16(18)15-10-13(4)9-14(5)11-15/h9-12H,6-8H2,1-5H3. The molecule has 1 aromatic rings. The SMILES string of the molecule is CCN(CCC(=O)c1cc(C)cc(C)c1)C(C)C. The van der Waals surface area contributed by atoms with Gasteiger partial charge in [-0.15, -0.1) is 0 Å². The summed E-state index contributed by atoms with van der Waals surface area (Å²) in [7, 11) is 0. The van der Waals surface area contributed by atoms with Crippen molar-refractivity contribution in [1.82, 2.24) is 4.90 Å². The quantitative estimate of drug-likeness (QED) is 0.716. The van der Waals surface area contributed by atoms with Crippen molar-refractivity contribution in [2.75, 3.05) is 13.1 Å². The molecule has 1 rings (SSSR count). The molecular weight excluding hydrogens is 222 g/mol. The van der Waals surface area contributed by atoms with E-state index in [1.54, 1.807) is 0 Å². The smallest absolute Gasteiger partial charge is 0.164 e. The molecule has 0 aliphatic rings. The molecule has 0 N–H and O–H groups in total. The number of aryl methyl sites for hydroxylation is 2. The van der Waals surface area contributed by atoms with Gasteiger partial charge >= 0.3 is 0 Å². The van der Waals surface area contributed by atoms with Crippen LogP contribution < -0.4 is 0 Å². The normalized spacial score (nSPS) is 11.3. The van der Waals surface area contributed by atoms with E-state index in [9.17, 15) is 4.79 Å². The van der Waals surface area contributed by atoms with Crippen molar-refractivity contribution in [2.45, 2.75) is 47.1 Å². The van der Waals surface area contributed by atoms with E-state index in [4.69, 9.17) is 0 Å². The van der Waals surface area contributed by atoms with Crippen molar-refractivity contribution in [3.63, 3.8) is 0 Å². The second-order valence-corrected chi connectivity index (χ2v) is 5.27. The third-order valence-electron chi connectivity index (χ3n) is 3.31. The van der Waals surface area contributed by atoms with Gasteiger partial charge in [-0.25, -0.2) is 0 Å². The largest absolute Gasteiger partial charge is 0.301 e. The molecule has 0 atom stereocenters. The fourth-order valence-corrected chi connectivity index (χ4v) is 2.31. The third-order valence-corrected chi connectivity index (χ3v) is 3.31. The highest BCUT2D eigenvalue weighted by molar-refractivity contribution is 5.96. The Labute approximate surface area is 111 Å². The van der Waals surface area contributed by atoms with E-state index in [1.165, 1.54) is 0 Å². The van der Waals surface area contributed by atoms with Crippen LogP contribution in [-0.2, 0) is 0 Å². The van der Waals surface area contributed by atoms with Crippen LogP contribution in [0.1, 0.15) is 48.7 Å². The van der Waals surface area contributed by atoms with Gasteiger partial charge in [-0.05, 0) is 46.4 Å². The topological polar surface area (TPSA) is 20.3 Å². The number of hydrogen-bond donors (Lipinski definition) is 0. The Balaban J connectivity index is 2.65. The van der Waals surface area contributed by atoms with Crippen LogP contribution in [0.2, 0.25) is 0 Å². The van der Waals surface area contributed by atoms with Crippen LogP contribution in [0.25, 0.3) is 0 Å². The van der Waals surface area contributed by atoms with Crippen molar-refractivity contribution in [3.8, 4) is 0 Å². The first-order valence-corrected chi connectivity index (χ1v) is 6.79. The molecule has 0 heterocycles. The monoisotopic (exact) mass is 247 g/mol. The Hall–Kier alpha value is -1.15. The van der Waals surface area contributed by atoms with Gasteiger partial charge in [0.1, 0.15) is 0 Å². The van der Waals surface area contributed by atoms with Gasteiger partial charge < -0.3 is 4.90 Å². The molecule has 0 aliphatic carbocycles. The zero-order valence-corrected chi connectivity index (χ0v) is 12.3. The molecule has 0 saturated carbocycles. The van der Waals surface area contributed by atoms with Gasteiger partial charge in [0.2, 0.25) is 0 Å². The minimum Gasteiger partial charge on any atom is -0.301 e. The lowest BCUT2D eigenvalue weighted by atomic mass is 10.0. The first-order valence-electron chi connectivity index (χ1n) is 6.79. The molecule has 0 spiro atoms. The van der Waals surface area contributed by atoms with E-state index in [-0.39, 0.29) is 5.78 Å². The summed E-state index contributed by atoms with van der Waals surface area (Å²) >= 11 is 0. The van der Waals surface area contributed by atoms with Crippen LogP contribution in [0.15, 0.2) is 18.2 Å². The van der Waals surface area contributed by atoms with E-state index in [1.807, 2.05) is 26.0 Å². The van der Waals surface area contributed by atoms with E-state index in [0.29, 0.717) is 12.5 Å². The van der Waals surface area contributed by atoms with Crippen LogP contribution in [0.5, 0.6) is 0 Å². The minimum atomic E-state index is 0.251. The Morgan fingerprint density at radius 3 is 2.17 bits per heavy atom. The molecule has 0 aromatic heterocycles. The number of hydrogen-bond acceptors (Lipinski definition) is 2. The van der Waals surface area contributed by atoms with Crippen LogP contribution in [-0.4, -0.2) is 29.8 Å². The van der Waals surface area contributed by atoms with Crippen molar-refractivity contribution < 1.29 is 4.79 Å². The minimum absolute atomic E-state index is 0.251. The maximum atomic E-state index is 12.2. The van der Waals surface area contributed by atoms with E-state index in [2.05, 4.69) is 31.7 Å². The Kier molecular flexibility index (Phi) is 5.54. The number of carbonyl (C=O) groups is 1. The molecule has 0 fully saturated rings. The zero-order valence-electron chi connectivity index (χ0n) is 12.3. The van der Waals surface area contributed by atoms with E-state index >= 15 is 0 Å². The van der Waals surface area contributed by atoms with Gasteiger partial charge in [-0.2, -0.15) is 0 Å². The molecule has 1 aromatic carbocycles. The lowest BCUT2D eigenvalue weighted by Gasteiger charge is -2.24. The second-order valence-electron chi connectivity index (χ2n) is 5.27. The summed E-state index contributed by atoms with van der Waals surface area (Å²) in [5.41, 5.74) is 3.18. The zero-order chi connectivity index (χ0) is 13.7. The Bertz CT molecular complexity index is 389. The predicted molar refractivity (Wildman–Crippen MR) is 77.2 cm³/mol. The van der Waals surface area contributed by atoms with Crippen LogP contribution in [0, 0.1) is 13.8 Å².